The van der Waals surface area contributed by atoms with E-state index in [0.29, 0.717) is 6.04 Å². The summed E-state index contributed by atoms with van der Waals surface area (Å²) >= 11 is 0. The first-order chi connectivity index (χ1) is 9.80. The first-order valence-electron chi connectivity index (χ1n) is 7.74. The summed E-state index contributed by atoms with van der Waals surface area (Å²) in [7, 11) is 1.70. The average Bonchev–Trinajstić information content (AvgIpc) is 2.50. The standard InChI is InChI=1S/C17H29NO2/c1-4-12-18-16(14-20-13-5-2)9-6-15-7-10-17(19-3)11-8-15/h7-8,10-11,16,18H,4-6,9,12-14H2,1-3H3. The maximum atomic E-state index is 5.68. The third-order valence-corrected chi connectivity index (χ3v) is 3.29. The zero-order valence-corrected chi connectivity index (χ0v) is 13.2. The number of aryl methyl sites for hydroxylation is 1. The zero-order chi connectivity index (χ0) is 14.6. The van der Waals surface area contributed by atoms with Gasteiger partial charge in [0, 0.05) is 12.6 Å². The van der Waals surface area contributed by atoms with E-state index in [1.54, 1.807) is 7.11 Å². The number of benzene rings is 1. The van der Waals surface area contributed by atoms with Crippen molar-refractivity contribution in [3.63, 3.8) is 0 Å². The zero-order valence-electron chi connectivity index (χ0n) is 13.2. The highest BCUT2D eigenvalue weighted by Crippen LogP contribution is 2.13. The van der Waals surface area contributed by atoms with Gasteiger partial charge in [0.25, 0.3) is 0 Å². The second-order valence-electron chi connectivity index (χ2n) is 5.11. The monoisotopic (exact) mass is 279 g/mol. The molecule has 0 fully saturated rings. The molecule has 0 aliphatic carbocycles. The SMILES string of the molecule is CCCNC(CCc1ccc(OC)cc1)COCCC. The van der Waals surface area contributed by atoms with Gasteiger partial charge in [-0.05, 0) is 49.9 Å². The summed E-state index contributed by atoms with van der Waals surface area (Å²) in [6, 6.07) is 8.78. The average molecular weight is 279 g/mol. The summed E-state index contributed by atoms with van der Waals surface area (Å²) in [5, 5.41) is 3.57. The molecule has 3 heteroatoms. The Balaban J connectivity index is 2.38. The Kier molecular flexibility index (Phi) is 9.09. The molecule has 0 saturated heterocycles. The van der Waals surface area contributed by atoms with Crippen molar-refractivity contribution in [3.8, 4) is 5.75 Å². The molecular weight excluding hydrogens is 250 g/mol. The van der Waals surface area contributed by atoms with Crippen LogP contribution in [0, 0.1) is 0 Å². The van der Waals surface area contributed by atoms with E-state index in [2.05, 4.69) is 31.3 Å². The van der Waals surface area contributed by atoms with Crippen molar-refractivity contribution in [1.82, 2.24) is 5.32 Å². The van der Waals surface area contributed by atoms with Crippen LogP contribution < -0.4 is 10.1 Å². The third-order valence-electron chi connectivity index (χ3n) is 3.29. The molecule has 0 saturated carbocycles. The lowest BCUT2D eigenvalue weighted by Gasteiger charge is -2.18. The summed E-state index contributed by atoms with van der Waals surface area (Å²) in [4.78, 5) is 0. The van der Waals surface area contributed by atoms with Gasteiger partial charge in [-0.3, -0.25) is 0 Å². The minimum absolute atomic E-state index is 0.448. The normalized spacial score (nSPS) is 12.3. The second kappa shape index (κ2) is 10.7. The second-order valence-corrected chi connectivity index (χ2v) is 5.11. The maximum absolute atomic E-state index is 5.68. The lowest BCUT2D eigenvalue weighted by atomic mass is 10.1. The topological polar surface area (TPSA) is 30.5 Å². The molecule has 0 heterocycles. The molecule has 0 aromatic heterocycles. The Morgan fingerprint density at radius 2 is 1.85 bits per heavy atom. The minimum atomic E-state index is 0.448. The Morgan fingerprint density at radius 1 is 1.10 bits per heavy atom. The largest absolute Gasteiger partial charge is 0.497 e. The summed E-state index contributed by atoms with van der Waals surface area (Å²) in [6.45, 7) is 7.06. The van der Waals surface area contributed by atoms with Crippen LogP contribution in [0.4, 0.5) is 0 Å². The molecule has 1 aromatic rings. The fraction of sp³-hybridized carbons (Fsp3) is 0.647. The fourth-order valence-corrected chi connectivity index (χ4v) is 2.10. The van der Waals surface area contributed by atoms with Crippen molar-refractivity contribution in [1.29, 1.82) is 0 Å². The van der Waals surface area contributed by atoms with Gasteiger partial charge in [0.15, 0.2) is 0 Å². The molecule has 0 amide bonds. The first-order valence-corrected chi connectivity index (χ1v) is 7.74. The van der Waals surface area contributed by atoms with Crippen LogP contribution in [0.3, 0.4) is 0 Å². The Hall–Kier alpha value is -1.06. The molecule has 0 spiro atoms. The molecule has 0 aliphatic rings. The van der Waals surface area contributed by atoms with E-state index in [1.807, 2.05) is 12.1 Å². The Labute approximate surface area is 123 Å². The van der Waals surface area contributed by atoms with Crippen LogP contribution in [-0.4, -0.2) is 32.9 Å². The Morgan fingerprint density at radius 3 is 2.45 bits per heavy atom. The highest BCUT2D eigenvalue weighted by molar-refractivity contribution is 5.27. The quantitative estimate of drug-likeness (QED) is 0.630. The van der Waals surface area contributed by atoms with Crippen LogP contribution >= 0.6 is 0 Å². The predicted molar refractivity (Wildman–Crippen MR) is 84.5 cm³/mol. The van der Waals surface area contributed by atoms with Crippen molar-refractivity contribution in [2.24, 2.45) is 0 Å². The fourth-order valence-electron chi connectivity index (χ4n) is 2.10. The van der Waals surface area contributed by atoms with E-state index < -0.39 is 0 Å². The molecule has 0 aliphatic heterocycles. The molecule has 1 aromatic carbocycles. The van der Waals surface area contributed by atoms with E-state index in [4.69, 9.17) is 9.47 Å². The smallest absolute Gasteiger partial charge is 0.118 e. The summed E-state index contributed by atoms with van der Waals surface area (Å²) in [6.07, 6.45) is 4.42. The number of hydrogen-bond acceptors (Lipinski definition) is 3. The molecule has 0 bridgehead atoms. The summed E-state index contributed by atoms with van der Waals surface area (Å²) in [5.41, 5.74) is 1.35. The van der Waals surface area contributed by atoms with Crippen LogP contribution in [-0.2, 0) is 11.2 Å². The van der Waals surface area contributed by atoms with Gasteiger partial charge < -0.3 is 14.8 Å². The summed E-state index contributed by atoms with van der Waals surface area (Å²) < 4.78 is 10.9. The van der Waals surface area contributed by atoms with E-state index in [-0.39, 0.29) is 0 Å². The lowest BCUT2D eigenvalue weighted by molar-refractivity contribution is 0.109. The van der Waals surface area contributed by atoms with Gasteiger partial charge in [0.2, 0.25) is 0 Å². The highest BCUT2D eigenvalue weighted by atomic mass is 16.5. The highest BCUT2D eigenvalue weighted by Gasteiger charge is 2.08. The molecular formula is C17H29NO2. The predicted octanol–water partition coefficient (Wildman–Crippen LogP) is 3.42. The van der Waals surface area contributed by atoms with Gasteiger partial charge in [0.1, 0.15) is 5.75 Å². The van der Waals surface area contributed by atoms with Crippen molar-refractivity contribution in [2.45, 2.75) is 45.6 Å². The van der Waals surface area contributed by atoms with Gasteiger partial charge in [-0.25, -0.2) is 0 Å². The minimum Gasteiger partial charge on any atom is -0.497 e. The number of rotatable bonds is 11. The van der Waals surface area contributed by atoms with Gasteiger partial charge >= 0.3 is 0 Å². The van der Waals surface area contributed by atoms with Gasteiger partial charge in [0.05, 0.1) is 13.7 Å². The molecule has 1 rings (SSSR count). The van der Waals surface area contributed by atoms with Crippen molar-refractivity contribution >= 4 is 0 Å². The van der Waals surface area contributed by atoms with E-state index in [1.165, 1.54) is 5.56 Å². The van der Waals surface area contributed by atoms with Crippen LogP contribution in [0.5, 0.6) is 5.75 Å². The maximum Gasteiger partial charge on any atom is 0.118 e. The van der Waals surface area contributed by atoms with Crippen LogP contribution in [0.2, 0.25) is 0 Å². The number of ether oxygens (including phenoxy) is 2. The van der Waals surface area contributed by atoms with Crippen LogP contribution in [0.1, 0.15) is 38.7 Å². The van der Waals surface area contributed by atoms with E-state index in [0.717, 1.165) is 51.2 Å². The van der Waals surface area contributed by atoms with Crippen molar-refractivity contribution < 1.29 is 9.47 Å². The molecule has 20 heavy (non-hydrogen) atoms. The lowest BCUT2D eigenvalue weighted by Crippen LogP contribution is -2.34. The van der Waals surface area contributed by atoms with E-state index in [9.17, 15) is 0 Å². The summed E-state index contributed by atoms with van der Waals surface area (Å²) in [5.74, 6) is 0.917. The van der Waals surface area contributed by atoms with Crippen molar-refractivity contribution in [3.05, 3.63) is 29.8 Å². The first kappa shape index (κ1) is 17.0. The van der Waals surface area contributed by atoms with Crippen LogP contribution in [0.25, 0.3) is 0 Å². The molecule has 3 nitrogen and oxygen atoms in total. The van der Waals surface area contributed by atoms with E-state index >= 15 is 0 Å². The van der Waals surface area contributed by atoms with Crippen LogP contribution in [0.15, 0.2) is 24.3 Å². The molecule has 114 valence electrons. The molecule has 1 atom stereocenters. The van der Waals surface area contributed by atoms with Gasteiger partial charge in [-0.1, -0.05) is 26.0 Å². The third kappa shape index (κ3) is 6.92. The number of nitrogens with one attached hydrogen (secondary N) is 1. The molecule has 1 N–H and O–H groups in total. The molecule has 0 radical (unpaired) electrons. The molecule has 1 unspecified atom stereocenters. The van der Waals surface area contributed by atoms with Gasteiger partial charge in [-0.15, -0.1) is 0 Å². The Bertz CT molecular complexity index is 337. The number of hydrogen-bond donors (Lipinski definition) is 1. The van der Waals surface area contributed by atoms with Gasteiger partial charge in [-0.2, -0.15) is 0 Å². The van der Waals surface area contributed by atoms with Crippen molar-refractivity contribution in [2.75, 3.05) is 26.9 Å². The number of methoxy groups -OCH3 is 1.